The van der Waals surface area contributed by atoms with Crippen LogP contribution >= 0.6 is 0 Å². The molecule has 0 saturated heterocycles. The maximum absolute atomic E-state index is 4.45. The predicted molar refractivity (Wildman–Crippen MR) is 147 cm³/mol. The molecule has 0 aliphatic heterocycles. The zero-order valence-corrected chi connectivity index (χ0v) is 25.7. The Bertz CT molecular complexity index is 1440. The molecule has 6 aromatic heterocycles. The third-order valence-electron chi connectivity index (χ3n) is 5.83. The quantitative estimate of drug-likeness (QED) is 0.279. The first-order chi connectivity index (χ1) is 18.2. The van der Waals surface area contributed by atoms with Crippen LogP contribution in [0.1, 0.15) is 11.3 Å². The molecule has 0 radical (unpaired) electrons. The van der Waals surface area contributed by atoms with Gasteiger partial charge in [0.2, 0.25) is 0 Å². The van der Waals surface area contributed by atoms with Gasteiger partial charge in [0.15, 0.2) is 29.1 Å². The molecule has 6 aromatic rings. The van der Waals surface area contributed by atoms with Gasteiger partial charge in [0, 0.05) is 123 Å². The molecule has 6 heterocycles. The van der Waals surface area contributed by atoms with E-state index in [4.69, 9.17) is 0 Å². The number of aryl methyl sites for hydroxylation is 7. The summed E-state index contributed by atoms with van der Waals surface area (Å²) in [5, 5.41) is 0. The van der Waals surface area contributed by atoms with Gasteiger partial charge in [0.1, 0.15) is 5.69 Å². The van der Waals surface area contributed by atoms with E-state index in [0.717, 1.165) is 40.5 Å². The summed E-state index contributed by atoms with van der Waals surface area (Å²) in [6.45, 7) is 4.07. The van der Waals surface area contributed by atoms with Gasteiger partial charge in [-0.05, 0) is 31.5 Å². The molecule has 204 valence electrons. The van der Waals surface area contributed by atoms with Crippen LogP contribution in [0.3, 0.4) is 0 Å². The fourth-order valence-corrected chi connectivity index (χ4v) is 3.89. The van der Waals surface area contributed by atoms with Crippen molar-refractivity contribution in [2.75, 3.05) is 0 Å². The minimum atomic E-state index is 0. The summed E-state index contributed by atoms with van der Waals surface area (Å²) in [5.41, 5.74) is 3.19. The van der Waals surface area contributed by atoms with Crippen molar-refractivity contribution in [1.29, 1.82) is 0 Å². The number of aromatic nitrogens is 11. The molecular weight excluding hydrogens is 669 g/mol. The predicted octanol–water partition coefficient (Wildman–Crippen LogP) is 3.74. The average Bonchev–Trinajstić information content (AvgIpc) is 3.69. The molecule has 0 unspecified atom stereocenters. The van der Waals surface area contributed by atoms with Gasteiger partial charge in [-0.1, -0.05) is 0 Å². The van der Waals surface area contributed by atoms with E-state index < -0.39 is 0 Å². The normalized spacial score (nSPS) is 10.2. The van der Waals surface area contributed by atoms with Crippen molar-refractivity contribution in [1.82, 2.24) is 52.7 Å². The van der Waals surface area contributed by atoms with Gasteiger partial charge in [0.05, 0.1) is 0 Å². The summed E-state index contributed by atoms with van der Waals surface area (Å²) in [7, 11) is 9.80. The molecule has 0 aromatic carbocycles. The molecule has 11 nitrogen and oxygen atoms in total. The summed E-state index contributed by atoms with van der Waals surface area (Å²) in [5.74, 6) is 4.48. The zero-order chi connectivity index (χ0) is 27.2. The van der Waals surface area contributed by atoms with E-state index in [-0.39, 0.29) is 19.8 Å². The van der Waals surface area contributed by atoms with Crippen LogP contribution < -0.4 is 0 Å². The van der Waals surface area contributed by atoms with Crippen LogP contribution in [0.25, 0.3) is 34.8 Å². The Balaban J connectivity index is 0.000000160. The molecule has 0 aliphatic carbocycles. The smallest absolute Gasteiger partial charge is 0.176 e. The minimum Gasteiger partial charge on any atom is -0.333 e. The van der Waals surface area contributed by atoms with Crippen molar-refractivity contribution in [2.45, 2.75) is 13.8 Å². The fraction of sp³-hybridized carbons (Fsp3) is 0.259. The van der Waals surface area contributed by atoms with Gasteiger partial charge in [-0.3, -0.25) is 0 Å². The summed E-state index contributed by atoms with van der Waals surface area (Å²) >= 11 is 0. The van der Waals surface area contributed by atoms with Crippen LogP contribution in [0.2, 0.25) is 0 Å². The summed E-state index contributed by atoms with van der Waals surface area (Å²) < 4.78 is 9.76. The molecule has 0 aliphatic rings. The molecule has 0 N–H and O–H groups in total. The van der Waals surface area contributed by atoms with Gasteiger partial charge in [-0.25, -0.2) is 29.9 Å². The van der Waals surface area contributed by atoms with Crippen molar-refractivity contribution in [3.8, 4) is 34.8 Å². The Hall–Kier alpha value is -4.16. The van der Waals surface area contributed by atoms with Crippen LogP contribution in [-0.2, 0) is 55.0 Å². The summed E-state index contributed by atoms with van der Waals surface area (Å²) in [4.78, 5) is 25.5. The van der Waals surface area contributed by atoms with E-state index in [1.807, 2.05) is 96.0 Å². The first kappa shape index (κ1) is 29.4. The minimum absolute atomic E-state index is 0. The molecular formula is C27H33N11Os. The summed E-state index contributed by atoms with van der Waals surface area (Å²) in [6, 6.07) is 4.11. The number of hydrogen-bond acceptors (Lipinski definition) is 6. The molecule has 0 atom stereocenters. The van der Waals surface area contributed by atoms with Gasteiger partial charge in [0.25, 0.3) is 0 Å². The molecule has 0 fully saturated rings. The largest absolute Gasteiger partial charge is 0.333 e. The zero-order valence-electron chi connectivity index (χ0n) is 23.2. The van der Waals surface area contributed by atoms with E-state index in [0.29, 0.717) is 0 Å². The Morgan fingerprint density at radius 2 is 0.769 bits per heavy atom. The third-order valence-corrected chi connectivity index (χ3v) is 5.83. The van der Waals surface area contributed by atoms with Gasteiger partial charge >= 0.3 is 0 Å². The molecule has 12 heteroatoms. The van der Waals surface area contributed by atoms with Crippen LogP contribution in [-0.4, -0.2) is 52.7 Å². The van der Waals surface area contributed by atoms with Crippen molar-refractivity contribution < 1.29 is 19.8 Å². The van der Waals surface area contributed by atoms with E-state index >= 15 is 0 Å². The Morgan fingerprint density at radius 1 is 0.462 bits per heavy atom. The Morgan fingerprint density at radius 3 is 1.03 bits per heavy atom. The molecule has 0 bridgehead atoms. The van der Waals surface area contributed by atoms with E-state index in [2.05, 4.69) is 49.0 Å². The van der Waals surface area contributed by atoms with Gasteiger partial charge in [-0.2, -0.15) is 0 Å². The number of rotatable bonds is 3. The van der Waals surface area contributed by atoms with Crippen LogP contribution in [0.5, 0.6) is 0 Å². The summed E-state index contributed by atoms with van der Waals surface area (Å²) in [6.07, 6.45) is 18.4. The Labute approximate surface area is 241 Å². The standard InChI is InChI=1S/C11H13N3.2C8H10N4.Os/c1-8-6-9(2)13-10(7-8)11-12-4-5-14(11)3;2*1-11-5-3-9-7(11)8-10-4-6-12(8)2;/h4-7H,1-3H3;2*3-6H,1-2H3;. The molecule has 0 saturated carbocycles. The number of hydrogen-bond donors (Lipinski definition) is 0. The first-order valence-electron chi connectivity index (χ1n) is 12.1. The second-order valence-corrected chi connectivity index (χ2v) is 8.98. The van der Waals surface area contributed by atoms with Crippen molar-refractivity contribution in [2.24, 2.45) is 35.2 Å². The fourth-order valence-electron chi connectivity index (χ4n) is 3.89. The molecule has 0 amide bonds. The van der Waals surface area contributed by atoms with Crippen LogP contribution in [0.4, 0.5) is 0 Å². The Kier molecular flexibility index (Phi) is 9.85. The monoisotopic (exact) mass is 703 g/mol. The maximum atomic E-state index is 4.45. The van der Waals surface area contributed by atoms with Gasteiger partial charge < -0.3 is 22.8 Å². The second-order valence-electron chi connectivity index (χ2n) is 8.98. The van der Waals surface area contributed by atoms with Crippen molar-refractivity contribution in [3.63, 3.8) is 0 Å². The second kappa shape index (κ2) is 13.1. The van der Waals surface area contributed by atoms with Gasteiger partial charge in [-0.15, -0.1) is 0 Å². The molecule has 39 heavy (non-hydrogen) atoms. The topological polar surface area (TPSA) is 102 Å². The van der Waals surface area contributed by atoms with Crippen molar-refractivity contribution >= 4 is 0 Å². The van der Waals surface area contributed by atoms with Crippen LogP contribution in [0.15, 0.2) is 74.1 Å². The maximum Gasteiger partial charge on any atom is 0.176 e. The number of imidazole rings is 5. The van der Waals surface area contributed by atoms with Crippen LogP contribution in [0, 0.1) is 13.8 Å². The average molecular weight is 702 g/mol. The number of pyridine rings is 1. The van der Waals surface area contributed by atoms with E-state index in [1.165, 1.54) is 5.56 Å². The first-order valence-corrected chi connectivity index (χ1v) is 12.1. The number of nitrogens with zero attached hydrogens (tertiary/aromatic N) is 11. The third kappa shape index (κ3) is 7.03. The van der Waals surface area contributed by atoms with E-state index in [9.17, 15) is 0 Å². The van der Waals surface area contributed by atoms with Crippen molar-refractivity contribution in [3.05, 3.63) is 85.4 Å². The molecule has 6 rings (SSSR count). The SMILES string of the molecule is Cc1cc(C)nc(-c2nccn2C)c1.Cn1ccnc1-c1nccn1C.Cn1ccnc1-c1nccn1C.[Os]. The molecule has 0 spiro atoms. The van der Waals surface area contributed by atoms with E-state index in [1.54, 1.807) is 31.0 Å².